The Labute approximate surface area is 81.5 Å². The molecule has 0 bridgehead atoms. The third-order valence-electron chi connectivity index (χ3n) is 1.17. The van der Waals surface area contributed by atoms with Crippen molar-refractivity contribution in [3.8, 4) is 11.8 Å². The van der Waals surface area contributed by atoms with Crippen LogP contribution in [0.3, 0.4) is 0 Å². The fourth-order valence-electron chi connectivity index (χ4n) is 0.683. The number of nitrogens with two attached hydrogens (primary N) is 1. The molecule has 0 saturated carbocycles. The van der Waals surface area contributed by atoms with Crippen LogP contribution in [0.15, 0.2) is 12.3 Å². The van der Waals surface area contributed by atoms with Gasteiger partial charge in [0.05, 0.1) is 16.5 Å². The van der Waals surface area contributed by atoms with Gasteiger partial charge >= 0.3 is 0 Å². The van der Waals surface area contributed by atoms with E-state index in [1.54, 1.807) is 6.07 Å². The highest BCUT2D eigenvalue weighted by Gasteiger charge is 1.96. The van der Waals surface area contributed by atoms with Crippen LogP contribution in [0.25, 0.3) is 0 Å². The fraction of sp³-hybridized carbons (Fsp3) is 0.125. The average Bonchev–Trinajstić information content (AvgIpc) is 2.03. The number of halogens is 1. The van der Waals surface area contributed by atoms with E-state index >= 15 is 0 Å². The van der Waals surface area contributed by atoms with Crippen LogP contribution in [0.5, 0.6) is 0 Å². The van der Waals surface area contributed by atoms with Gasteiger partial charge in [0, 0.05) is 6.20 Å². The van der Waals surface area contributed by atoms with E-state index < -0.39 is 0 Å². The van der Waals surface area contributed by atoms with E-state index in [0.717, 1.165) is 0 Å². The van der Waals surface area contributed by atoms with Gasteiger partial charge in [0.25, 0.3) is 0 Å². The van der Waals surface area contributed by atoms with Crippen LogP contribution in [0.1, 0.15) is 5.69 Å². The molecule has 1 rings (SSSR count). The van der Waals surface area contributed by atoms with Crippen molar-refractivity contribution in [3.63, 3.8) is 0 Å². The van der Waals surface area contributed by atoms with E-state index in [1.165, 1.54) is 6.20 Å². The molecule has 1 aromatic heterocycles. The predicted octanol–water partition coefficient (Wildman–Crippen LogP) is 1.60. The van der Waals surface area contributed by atoms with Crippen molar-refractivity contribution in [1.29, 1.82) is 0 Å². The lowest BCUT2D eigenvalue weighted by molar-refractivity contribution is 1.29. The molecule has 0 radical (unpaired) electrons. The number of anilines is 1. The molecule has 2 nitrogen and oxygen atoms in total. The smallest absolute Gasteiger partial charge is 0.136 e. The summed E-state index contributed by atoms with van der Waals surface area (Å²) < 4.78 is 0. The summed E-state index contributed by atoms with van der Waals surface area (Å²) in [4.78, 5) is 3.95. The second-order valence-corrected chi connectivity index (χ2v) is 2.80. The van der Waals surface area contributed by atoms with E-state index in [2.05, 4.69) is 29.5 Å². The zero-order valence-electron chi connectivity index (χ0n) is 6.21. The lowest BCUT2D eigenvalue weighted by atomic mass is 10.3. The Morgan fingerprint density at radius 3 is 3.00 bits per heavy atom. The Balaban J connectivity index is 3.01. The van der Waals surface area contributed by atoms with Crippen LogP contribution in [0.2, 0.25) is 5.02 Å². The molecule has 12 heavy (non-hydrogen) atoms. The molecule has 0 aliphatic rings. The third kappa shape index (κ3) is 2.33. The van der Waals surface area contributed by atoms with Gasteiger partial charge in [-0.2, -0.15) is 12.6 Å². The first kappa shape index (κ1) is 9.24. The van der Waals surface area contributed by atoms with E-state index in [4.69, 9.17) is 17.3 Å². The van der Waals surface area contributed by atoms with Crippen LogP contribution in [0.4, 0.5) is 5.69 Å². The molecule has 0 unspecified atom stereocenters. The van der Waals surface area contributed by atoms with Crippen molar-refractivity contribution in [3.05, 3.63) is 23.0 Å². The Hall–Kier alpha value is -0.850. The minimum atomic E-state index is 0.490. The zero-order valence-corrected chi connectivity index (χ0v) is 7.86. The van der Waals surface area contributed by atoms with Gasteiger partial charge in [-0.3, -0.25) is 0 Å². The number of rotatable bonds is 0. The van der Waals surface area contributed by atoms with Crippen molar-refractivity contribution in [1.82, 2.24) is 4.98 Å². The summed E-state index contributed by atoms with van der Waals surface area (Å²) in [6.45, 7) is 0. The van der Waals surface area contributed by atoms with Crippen LogP contribution < -0.4 is 5.73 Å². The van der Waals surface area contributed by atoms with Gasteiger partial charge in [-0.15, -0.1) is 0 Å². The van der Waals surface area contributed by atoms with Crippen LogP contribution in [-0.2, 0) is 0 Å². The average molecular weight is 199 g/mol. The maximum atomic E-state index is 5.65. The molecule has 1 heterocycles. The summed E-state index contributed by atoms with van der Waals surface area (Å²) in [5.74, 6) is 6.01. The molecule has 0 amide bonds. The molecule has 0 aromatic carbocycles. The molecular formula is C8H7ClN2S. The molecule has 0 aliphatic carbocycles. The standard InChI is InChI=1S/C8H7ClN2S/c9-6-4-7(10)8(11-5-6)2-1-3-12/h4-5,12H,3,10H2. The molecule has 0 atom stereocenters. The van der Waals surface area contributed by atoms with Crippen LogP contribution in [-0.4, -0.2) is 10.7 Å². The lowest BCUT2D eigenvalue weighted by Crippen LogP contribution is -1.92. The monoisotopic (exact) mass is 198 g/mol. The van der Waals surface area contributed by atoms with Gasteiger partial charge in [0.1, 0.15) is 5.69 Å². The fourth-order valence-corrected chi connectivity index (χ4v) is 0.928. The highest BCUT2D eigenvalue weighted by molar-refractivity contribution is 7.80. The highest BCUT2D eigenvalue weighted by atomic mass is 35.5. The maximum absolute atomic E-state index is 5.65. The Bertz CT molecular complexity index is 341. The van der Waals surface area contributed by atoms with Crippen LogP contribution >= 0.6 is 24.2 Å². The number of pyridine rings is 1. The number of nitrogens with zero attached hydrogens (tertiary/aromatic N) is 1. The molecule has 4 heteroatoms. The SMILES string of the molecule is Nc1cc(Cl)cnc1C#CCS. The van der Waals surface area contributed by atoms with E-state index in [1.807, 2.05) is 0 Å². The minimum absolute atomic E-state index is 0.490. The number of aromatic nitrogens is 1. The molecule has 1 aromatic rings. The van der Waals surface area contributed by atoms with Gasteiger partial charge in [-0.05, 0) is 12.0 Å². The molecule has 0 spiro atoms. The largest absolute Gasteiger partial charge is 0.396 e. The highest BCUT2D eigenvalue weighted by Crippen LogP contribution is 2.13. The summed E-state index contributed by atoms with van der Waals surface area (Å²) in [6.07, 6.45) is 1.51. The minimum Gasteiger partial charge on any atom is -0.396 e. The summed E-state index contributed by atoms with van der Waals surface area (Å²) in [7, 11) is 0. The van der Waals surface area contributed by atoms with E-state index in [9.17, 15) is 0 Å². The number of nitrogen functional groups attached to an aromatic ring is 1. The molecule has 0 saturated heterocycles. The number of thiol groups is 1. The van der Waals surface area contributed by atoms with Crippen LogP contribution in [0, 0.1) is 11.8 Å². The first-order valence-corrected chi connectivity index (χ1v) is 4.26. The Kier molecular flexibility index (Phi) is 3.27. The number of hydrogen-bond donors (Lipinski definition) is 2. The van der Waals surface area contributed by atoms with Crippen molar-refractivity contribution in [2.45, 2.75) is 0 Å². The first-order chi connectivity index (χ1) is 5.74. The first-order valence-electron chi connectivity index (χ1n) is 3.25. The molecule has 0 aliphatic heterocycles. The van der Waals surface area contributed by atoms with E-state index in [0.29, 0.717) is 22.2 Å². The topological polar surface area (TPSA) is 38.9 Å². The van der Waals surface area contributed by atoms with Gasteiger partial charge in [0.2, 0.25) is 0 Å². The third-order valence-corrected chi connectivity index (χ3v) is 1.53. The second-order valence-electron chi connectivity index (χ2n) is 2.05. The predicted molar refractivity (Wildman–Crippen MR) is 54.4 cm³/mol. The van der Waals surface area contributed by atoms with E-state index in [-0.39, 0.29) is 0 Å². The molecule has 2 N–H and O–H groups in total. The van der Waals surface area contributed by atoms with Gasteiger partial charge in [-0.1, -0.05) is 17.5 Å². The van der Waals surface area contributed by atoms with Crippen molar-refractivity contribution in [2.75, 3.05) is 11.5 Å². The summed E-state index contributed by atoms with van der Waals surface area (Å²) in [5, 5.41) is 0.518. The quantitative estimate of drug-likeness (QED) is 0.491. The maximum Gasteiger partial charge on any atom is 0.136 e. The van der Waals surface area contributed by atoms with Gasteiger partial charge in [0.15, 0.2) is 0 Å². The Morgan fingerprint density at radius 2 is 2.42 bits per heavy atom. The Morgan fingerprint density at radius 1 is 1.67 bits per heavy atom. The normalized spacial score (nSPS) is 8.83. The summed E-state index contributed by atoms with van der Waals surface area (Å²) in [5.41, 5.74) is 6.63. The van der Waals surface area contributed by atoms with Gasteiger partial charge < -0.3 is 5.73 Å². The van der Waals surface area contributed by atoms with Crippen molar-refractivity contribution < 1.29 is 0 Å². The molecule has 0 fully saturated rings. The summed E-state index contributed by atoms with van der Waals surface area (Å²) in [6, 6.07) is 1.62. The van der Waals surface area contributed by atoms with Crippen molar-refractivity contribution >= 4 is 29.9 Å². The number of hydrogen-bond acceptors (Lipinski definition) is 3. The summed E-state index contributed by atoms with van der Waals surface area (Å²) >= 11 is 9.58. The zero-order chi connectivity index (χ0) is 8.97. The second kappa shape index (κ2) is 4.24. The van der Waals surface area contributed by atoms with Crippen molar-refractivity contribution in [2.24, 2.45) is 0 Å². The molecular weight excluding hydrogens is 192 g/mol. The van der Waals surface area contributed by atoms with Gasteiger partial charge in [-0.25, -0.2) is 4.98 Å². The lowest BCUT2D eigenvalue weighted by Gasteiger charge is -1.96. The molecule has 62 valence electrons.